The summed E-state index contributed by atoms with van der Waals surface area (Å²) < 4.78 is 0. The van der Waals surface area contributed by atoms with Crippen molar-refractivity contribution in [1.29, 1.82) is 0 Å². The molecule has 0 amide bonds. The zero-order chi connectivity index (χ0) is 14.8. The minimum absolute atomic E-state index is 0.519. The smallest absolute Gasteiger partial charge is 0.0372 e. The molecule has 0 heterocycles. The Morgan fingerprint density at radius 1 is 1.10 bits per heavy atom. The Bertz CT molecular complexity index is 439. The van der Waals surface area contributed by atoms with E-state index in [1.807, 2.05) is 0 Å². The van der Waals surface area contributed by atoms with E-state index in [2.05, 4.69) is 58.1 Å². The van der Waals surface area contributed by atoms with E-state index in [9.17, 15) is 0 Å². The molecule has 1 N–H and O–H groups in total. The zero-order valence-corrected chi connectivity index (χ0v) is 13.9. The van der Waals surface area contributed by atoms with Crippen molar-refractivity contribution in [2.24, 2.45) is 11.3 Å². The van der Waals surface area contributed by atoms with Gasteiger partial charge in [-0.2, -0.15) is 0 Å². The van der Waals surface area contributed by atoms with Crippen LogP contribution in [0, 0.1) is 25.2 Å². The van der Waals surface area contributed by atoms with E-state index in [0.717, 1.165) is 5.92 Å². The Kier molecular flexibility index (Phi) is 4.78. The van der Waals surface area contributed by atoms with Crippen molar-refractivity contribution in [3.8, 4) is 0 Å². The summed E-state index contributed by atoms with van der Waals surface area (Å²) >= 11 is 0. The molecule has 1 aliphatic carbocycles. The van der Waals surface area contributed by atoms with E-state index >= 15 is 0 Å². The third-order valence-corrected chi connectivity index (χ3v) is 5.49. The average molecular weight is 273 g/mol. The van der Waals surface area contributed by atoms with Crippen molar-refractivity contribution in [3.63, 3.8) is 0 Å². The number of nitrogens with one attached hydrogen (secondary N) is 1. The van der Waals surface area contributed by atoms with Gasteiger partial charge in [0, 0.05) is 11.7 Å². The van der Waals surface area contributed by atoms with Crippen molar-refractivity contribution in [2.75, 3.05) is 5.32 Å². The average Bonchev–Trinajstić information content (AvgIpc) is 2.42. The monoisotopic (exact) mass is 273 g/mol. The summed E-state index contributed by atoms with van der Waals surface area (Å²) in [7, 11) is 0. The summed E-state index contributed by atoms with van der Waals surface area (Å²) in [4.78, 5) is 0. The molecule has 0 saturated heterocycles. The van der Waals surface area contributed by atoms with E-state index in [-0.39, 0.29) is 0 Å². The van der Waals surface area contributed by atoms with Crippen LogP contribution in [0.2, 0.25) is 0 Å². The summed E-state index contributed by atoms with van der Waals surface area (Å²) in [5.41, 5.74) is 4.57. The van der Waals surface area contributed by atoms with Crippen LogP contribution in [0.15, 0.2) is 18.2 Å². The Hall–Kier alpha value is -0.980. The Morgan fingerprint density at radius 3 is 2.30 bits per heavy atom. The number of rotatable bonds is 4. The van der Waals surface area contributed by atoms with Gasteiger partial charge in [0.25, 0.3) is 0 Å². The van der Waals surface area contributed by atoms with Gasteiger partial charge in [0.15, 0.2) is 0 Å². The molecule has 20 heavy (non-hydrogen) atoms. The topological polar surface area (TPSA) is 12.0 Å². The Balaban J connectivity index is 1.91. The molecule has 0 radical (unpaired) electrons. The van der Waals surface area contributed by atoms with Gasteiger partial charge in [-0.05, 0) is 62.5 Å². The molecule has 1 saturated carbocycles. The molecule has 0 aromatic heterocycles. The number of anilines is 1. The van der Waals surface area contributed by atoms with Crippen LogP contribution >= 0.6 is 0 Å². The van der Waals surface area contributed by atoms with Gasteiger partial charge in [-0.3, -0.25) is 0 Å². The van der Waals surface area contributed by atoms with Gasteiger partial charge in [-0.1, -0.05) is 44.9 Å². The molecule has 0 unspecified atom stereocenters. The molecule has 1 aliphatic rings. The highest BCUT2D eigenvalue weighted by atomic mass is 14.9. The molecule has 1 aromatic rings. The molecule has 0 bridgehead atoms. The first kappa shape index (κ1) is 15.4. The predicted octanol–water partition coefficient (Wildman–Crippen LogP) is 5.71. The van der Waals surface area contributed by atoms with Gasteiger partial charge in [0.05, 0.1) is 0 Å². The molecule has 1 aromatic carbocycles. The second-order valence-corrected chi connectivity index (χ2v) is 7.35. The van der Waals surface area contributed by atoms with E-state index in [1.165, 1.54) is 48.9 Å². The molecule has 0 spiro atoms. The molecular weight excluding hydrogens is 242 g/mol. The number of aryl methyl sites for hydroxylation is 2. The van der Waals surface area contributed by atoms with Gasteiger partial charge in [0.2, 0.25) is 0 Å². The fourth-order valence-electron chi connectivity index (χ4n) is 3.50. The molecule has 2 rings (SSSR count). The quantitative estimate of drug-likeness (QED) is 0.741. The maximum atomic E-state index is 3.77. The predicted molar refractivity (Wildman–Crippen MR) is 89.4 cm³/mol. The van der Waals surface area contributed by atoms with Crippen molar-refractivity contribution in [1.82, 2.24) is 0 Å². The normalized spacial score (nSPS) is 23.6. The maximum Gasteiger partial charge on any atom is 0.0372 e. The highest BCUT2D eigenvalue weighted by Gasteiger charge is 2.31. The van der Waals surface area contributed by atoms with Crippen LogP contribution in [-0.4, -0.2) is 6.04 Å². The van der Waals surface area contributed by atoms with E-state index in [0.29, 0.717) is 11.5 Å². The van der Waals surface area contributed by atoms with E-state index in [1.54, 1.807) is 0 Å². The van der Waals surface area contributed by atoms with Crippen LogP contribution < -0.4 is 5.32 Å². The number of benzene rings is 1. The first-order valence-electron chi connectivity index (χ1n) is 8.26. The molecule has 112 valence electrons. The van der Waals surface area contributed by atoms with Crippen molar-refractivity contribution in [3.05, 3.63) is 29.3 Å². The fourth-order valence-corrected chi connectivity index (χ4v) is 3.50. The van der Waals surface area contributed by atoms with E-state index in [4.69, 9.17) is 0 Å². The number of hydrogen-bond donors (Lipinski definition) is 1. The third-order valence-electron chi connectivity index (χ3n) is 5.49. The second-order valence-electron chi connectivity index (χ2n) is 7.35. The van der Waals surface area contributed by atoms with E-state index < -0.39 is 0 Å². The Labute approximate surface area is 125 Å². The fraction of sp³-hybridized carbons (Fsp3) is 0.684. The van der Waals surface area contributed by atoms with Crippen molar-refractivity contribution < 1.29 is 0 Å². The standard InChI is InChI=1S/C19H31N/c1-6-19(4,5)16-8-10-17(11-9-16)20-18-12-7-14(2)13-15(18)3/h7,12-13,16-17,20H,6,8-11H2,1-5H3. The van der Waals surface area contributed by atoms with Gasteiger partial charge in [-0.15, -0.1) is 0 Å². The number of hydrogen-bond acceptors (Lipinski definition) is 1. The van der Waals surface area contributed by atoms with Crippen LogP contribution in [0.1, 0.15) is 64.0 Å². The second kappa shape index (κ2) is 6.20. The lowest BCUT2D eigenvalue weighted by atomic mass is 9.69. The highest BCUT2D eigenvalue weighted by molar-refractivity contribution is 5.52. The minimum Gasteiger partial charge on any atom is -0.382 e. The third kappa shape index (κ3) is 3.56. The first-order valence-corrected chi connectivity index (χ1v) is 8.26. The summed E-state index contributed by atoms with van der Waals surface area (Å²) in [5.74, 6) is 0.907. The summed E-state index contributed by atoms with van der Waals surface area (Å²) in [5, 5.41) is 3.77. The first-order chi connectivity index (χ1) is 9.42. The van der Waals surface area contributed by atoms with Gasteiger partial charge >= 0.3 is 0 Å². The van der Waals surface area contributed by atoms with Gasteiger partial charge < -0.3 is 5.32 Å². The maximum absolute atomic E-state index is 3.77. The van der Waals surface area contributed by atoms with Crippen molar-refractivity contribution in [2.45, 2.75) is 72.8 Å². The lowest BCUT2D eigenvalue weighted by Crippen LogP contribution is -2.32. The SMILES string of the molecule is CCC(C)(C)C1CCC(Nc2ccc(C)cc2C)CC1. The van der Waals surface area contributed by atoms with Gasteiger partial charge in [-0.25, -0.2) is 0 Å². The lowest BCUT2D eigenvalue weighted by molar-refractivity contribution is 0.147. The molecule has 1 nitrogen and oxygen atoms in total. The van der Waals surface area contributed by atoms with Crippen molar-refractivity contribution >= 4 is 5.69 Å². The molecule has 1 fully saturated rings. The highest BCUT2D eigenvalue weighted by Crippen LogP contribution is 2.41. The van der Waals surface area contributed by atoms with Crippen LogP contribution in [0.5, 0.6) is 0 Å². The molecule has 0 atom stereocenters. The Morgan fingerprint density at radius 2 is 1.75 bits per heavy atom. The molecule has 0 aliphatic heterocycles. The summed E-state index contributed by atoms with van der Waals surface area (Å²) in [6, 6.07) is 7.39. The molecular formula is C19H31N. The summed E-state index contributed by atoms with van der Waals surface area (Å²) in [6.45, 7) is 11.6. The van der Waals surface area contributed by atoms with Crippen LogP contribution in [0.4, 0.5) is 5.69 Å². The van der Waals surface area contributed by atoms with Crippen LogP contribution in [0.3, 0.4) is 0 Å². The van der Waals surface area contributed by atoms with Crippen LogP contribution in [-0.2, 0) is 0 Å². The lowest BCUT2D eigenvalue weighted by Gasteiger charge is -2.39. The summed E-state index contributed by atoms with van der Waals surface area (Å²) in [6.07, 6.45) is 6.70. The molecule has 1 heteroatoms. The minimum atomic E-state index is 0.519. The largest absolute Gasteiger partial charge is 0.382 e. The van der Waals surface area contributed by atoms with Crippen LogP contribution in [0.25, 0.3) is 0 Å². The van der Waals surface area contributed by atoms with Gasteiger partial charge in [0.1, 0.15) is 0 Å². The zero-order valence-electron chi connectivity index (χ0n) is 13.9.